The Hall–Kier alpha value is -4.55. The van der Waals surface area contributed by atoms with Crippen LogP contribution in [0.25, 0.3) is 10.2 Å². The van der Waals surface area contributed by atoms with Crippen molar-refractivity contribution >= 4 is 56.4 Å². The summed E-state index contributed by atoms with van der Waals surface area (Å²) >= 11 is 1.44. The Balaban J connectivity index is 1.29. The number of hydrogen-bond donors (Lipinski definition) is 2. The molecule has 2 aromatic carbocycles. The monoisotopic (exact) mass is 575 g/mol. The fourth-order valence-electron chi connectivity index (χ4n) is 4.44. The SMILES string of the molecule is C=CC(=O)Nc1cccc(Oc2nc(Nc3ccc(N4CCN(C(=O)CN(C)C)CC4)c(F)c3)nc3ccsc23)c1. The normalized spacial score (nSPS) is 13.4. The van der Waals surface area contributed by atoms with E-state index >= 15 is 4.39 Å². The summed E-state index contributed by atoms with van der Waals surface area (Å²) in [5, 5.41) is 7.68. The Morgan fingerprint density at radius 1 is 1.10 bits per heavy atom. The number of ether oxygens (including phenoxy) is 1. The molecular weight excluding hydrogens is 545 g/mol. The molecule has 1 aliphatic rings. The van der Waals surface area contributed by atoms with Gasteiger partial charge in [-0.15, -0.1) is 11.3 Å². The second-order valence-corrected chi connectivity index (χ2v) is 10.6. The predicted octanol–water partition coefficient (Wildman–Crippen LogP) is 4.70. The van der Waals surface area contributed by atoms with E-state index in [-0.39, 0.29) is 23.6 Å². The fraction of sp³-hybridized carbons (Fsp3) is 0.241. The van der Waals surface area contributed by atoms with Crippen molar-refractivity contribution in [1.29, 1.82) is 0 Å². The van der Waals surface area contributed by atoms with Crippen molar-refractivity contribution in [2.75, 3.05) is 62.4 Å². The molecule has 0 unspecified atom stereocenters. The highest BCUT2D eigenvalue weighted by molar-refractivity contribution is 7.17. The molecule has 0 bridgehead atoms. The van der Waals surface area contributed by atoms with Gasteiger partial charge >= 0.3 is 0 Å². The standard InChI is InChI=1S/C29H30FN7O3S/c1-4-25(38)31-19-6-5-7-21(16-19)40-28-27-23(10-15-41-27)33-29(34-28)32-20-8-9-24(22(30)17-20)36-11-13-37(14-12-36)26(39)18-35(2)3/h4-10,15-17H,1,11-14,18H2,2-3H3,(H,31,38)(H,32,33,34). The van der Waals surface area contributed by atoms with Crippen LogP contribution in [-0.4, -0.2) is 78.4 Å². The van der Waals surface area contributed by atoms with Gasteiger partial charge in [0.1, 0.15) is 16.3 Å². The summed E-state index contributed by atoms with van der Waals surface area (Å²) in [5.41, 5.74) is 2.20. The summed E-state index contributed by atoms with van der Waals surface area (Å²) in [6, 6.07) is 13.7. The average Bonchev–Trinajstić information content (AvgIpc) is 3.42. The molecule has 12 heteroatoms. The third-order valence-corrected chi connectivity index (χ3v) is 7.29. The Bertz CT molecular complexity index is 1580. The van der Waals surface area contributed by atoms with Gasteiger partial charge in [0.15, 0.2) is 0 Å². The number of fused-ring (bicyclic) bond motifs is 1. The molecule has 3 heterocycles. The number of carbonyl (C=O) groups excluding carboxylic acids is 2. The molecular formula is C29H30FN7O3S. The molecule has 2 aromatic heterocycles. The van der Waals surface area contributed by atoms with Crippen LogP contribution in [-0.2, 0) is 9.59 Å². The van der Waals surface area contributed by atoms with E-state index in [4.69, 9.17) is 4.74 Å². The maximum Gasteiger partial charge on any atom is 0.247 e. The zero-order valence-corrected chi connectivity index (χ0v) is 23.6. The van der Waals surface area contributed by atoms with Crippen LogP contribution in [0.3, 0.4) is 0 Å². The van der Waals surface area contributed by atoms with Gasteiger partial charge in [-0.25, -0.2) is 9.37 Å². The molecule has 0 atom stereocenters. The van der Waals surface area contributed by atoms with E-state index in [1.807, 2.05) is 40.2 Å². The number of nitrogens with zero attached hydrogens (tertiary/aromatic N) is 5. The van der Waals surface area contributed by atoms with Crippen molar-refractivity contribution in [3.05, 3.63) is 72.4 Å². The van der Waals surface area contributed by atoms with Gasteiger partial charge in [0.2, 0.25) is 23.6 Å². The van der Waals surface area contributed by atoms with Crippen molar-refractivity contribution in [3.8, 4) is 11.6 Å². The molecule has 0 radical (unpaired) electrons. The highest BCUT2D eigenvalue weighted by Gasteiger charge is 2.23. The van der Waals surface area contributed by atoms with Crippen molar-refractivity contribution < 1.29 is 18.7 Å². The number of carbonyl (C=O) groups is 2. The molecule has 1 aliphatic heterocycles. The molecule has 10 nitrogen and oxygen atoms in total. The summed E-state index contributed by atoms with van der Waals surface area (Å²) < 4.78 is 22.1. The van der Waals surface area contributed by atoms with Gasteiger partial charge in [0.05, 0.1) is 17.7 Å². The van der Waals surface area contributed by atoms with E-state index in [1.165, 1.54) is 23.5 Å². The van der Waals surface area contributed by atoms with Gasteiger partial charge in [0.25, 0.3) is 0 Å². The van der Waals surface area contributed by atoms with Crippen molar-refractivity contribution in [2.45, 2.75) is 0 Å². The zero-order chi connectivity index (χ0) is 28.9. The number of halogens is 1. The Morgan fingerprint density at radius 3 is 2.63 bits per heavy atom. The first kappa shape index (κ1) is 28.0. The van der Waals surface area contributed by atoms with Gasteiger partial charge in [-0.1, -0.05) is 12.6 Å². The first-order valence-corrected chi connectivity index (χ1v) is 13.9. The fourth-order valence-corrected chi connectivity index (χ4v) is 5.20. The lowest BCUT2D eigenvalue weighted by atomic mass is 10.2. The number of anilines is 4. The summed E-state index contributed by atoms with van der Waals surface area (Å²) in [5.74, 6) is 0.431. The van der Waals surface area contributed by atoms with E-state index in [2.05, 4.69) is 27.2 Å². The number of benzene rings is 2. The third kappa shape index (κ3) is 6.79. The van der Waals surface area contributed by atoms with Crippen LogP contribution in [0.5, 0.6) is 11.6 Å². The van der Waals surface area contributed by atoms with Crippen LogP contribution in [0, 0.1) is 5.82 Å². The molecule has 41 heavy (non-hydrogen) atoms. The van der Waals surface area contributed by atoms with Crippen molar-refractivity contribution in [2.24, 2.45) is 0 Å². The van der Waals surface area contributed by atoms with Crippen LogP contribution in [0.15, 0.2) is 66.6 Å². The number of thiophene rings is 1. The molecule has 2 N–H and O–H groups in total. The lowest BCUT2D eigenvalue weighted by Crippen LogP contribution is -2.50. The molecule has 2 amide bonds. The first-order valence-electron chi connectivity index (χ1n) is 13.0. The number of hydrogen-bond acceptors (Lipinski definition) is 9. The van der Waals surface area contributed by atoms with Crippen LogP contribution in [0.1, 0.15) is 0 Å². The number of likely N-dealkylation sites (N-methyl/N-ethyl adjacent to an activating group) is 1. The Labute approximate surface area is 241 Å². The highest BCUT2D eigenvalue weighted by Crippen LogP contribution is 2.34. The summed E-state index contributed by atoms with van der Waals surface area (Å²) in [7, 11) is 3.73. The third-order valence-electron chi connectivity index (χ3n) is 6.40. The number of aromatic nitrogens is 2. The van der Waals surface area contributed by atoms with E-state index in [1.54, 1.807) is 36.4 Å². The van der Waals surface area contributed by atoms with Gasteiger partial charge < -0.3 is 30.1 Å². The molecule has 1 fully saturated rings. The number of rotatable bonds is 9. The van der Waals surface area contributed by atoms with E-state index in [9.17, 15) is 9.59 Å². The molecule has 5 rings (SSSR count). The average molecular weight is 576 g/mol. The second-order valence-electron chi connectivity index (χ2n) is 9.71. The van der Waals surface area contributed by atoms with Crippen molar-refractivity contribution in [1.82, 2.24) is 19.8 Å². The lowest BCUT2D eigenvalue weighted by molar-refractivity contribution is -0.132. The van der Waals surface area contributed by atoms with Gasteiger partial charge in [-0.3, -0.25) is 9.59 Å². The zero-order valence-electron chi connectivity index (χ0n) is 22.8. The molecule has 212 valence electrons. The second kappa shape index (κ2) is 12.3. The smallest absolute Gasteiger partial charge is 0.247 e. The number of piperazine rings is 1. The van der Waals surface area contributed by atoms with Gasteiger partial charge in [0, 0.05) is 43.6 Å². The molecule has 1 saturated heterocycles. The quantitative estimate of drug-likeness (QED) is 0.277. The lowest BCUT2D eigenvalue weighted by Gasteiger charge is -2.36. The number of amides is 2. The minimum atomic E-state index is -0.380. The largest absolute Gasteiger partial charge is 0.437 e. The van der Waals surface area contributed by atoms with E-state index < -0.39 is 0 Å². The minimum absolute atomic E-state index is 0.0766. The minimum Gasteiger partial charge on any atom is -0.437 e. The topological polar surface area (TPSA) is 103 Å². The Kier molecular flexibility index (Phi) is 8.41. The first-order chi connectivity index (χ1) is 19.8. The maximum atomic E-state index is 15.2. The van der Waals surface area contributed by atoms with Crippen LogP contribution in [0.4, 0.5) is 27.4 Å². The molecule has 0 spiro atoms. The van der Waals surface area contributed by atoms with Crippen LogP contribution >= 0.6 is 11.3 Å². The summed E-state index contributed by atoms with van der Waals surface area (Å²) in [6.45, 7) is 6.03. The summed E-state index contributed by atoms with van der Waals surface area (Å²) in [4.78, 5) is 38.7. The van der Waals surface area contributed by atoms with E-state index in [0.717, 1.165) is 4.70 Å². The summed E-state index contributed by atoms with van der Waals surface area (Å²) in [6.07, 6.45) is 1.19. The molecule has 0 saturated carbocycles. The molecule has 0 aliphatic carbocycles. The number of nitrogens with one attached hydrogen (secondary N) is 2. The maximum absolute atomic E-state index is 15.2. The predicted molar refractivity (Wildman–Crippen MR) is 160 cm³/mol. The van der Waals surface area contributed by atoms with E-state index in [0.29, 0.717) is 66.9 Å². The Morgan fingerprint density at radius 2 is 1.90 bits per heavy atom. The van der Waals surface area contributed by atoms with Gasteiger partial charge in [-0.2, -0.15) is 4.98 Å². The molecule has 4 aromatic rings. The van der Waals surface area contributed by atoms with Gasteiger partial charge in [-0.05, 0) is 61.9 Å². The van der Waals surface area contributed by atoms with Crippen LogP contribution < -0.4 is 20.3 Å². The van der Waals surface area contributed by atoms with Crippen LogP contribution in [0.2, 0.25) is 0 Å². The van der Waals surface area contributed by atoms with Crippen molar-refractivity contribution in [3.63, 3.8) is 0 Å². The highest BCUT2D eigenvalue weighted by atomic mass is 32.1.